The monoisotopic (exact) mass is 469 g/mol. The van der Waals surface area contributed by atoms with Crippen LogP contribution >= 0.6 is 0 Å². The summed E-state index contributed by atoms with van der Waals surface area (Å²) in [4.78, 5) is 16.1. The van der Waals surface area contributed by atoms with E-state index in [2.05, 4.69) is 88.1 Å². The van der Waals surface area contributed by atoms with Gasteiger partial charge in [-0.05, 0) is 69.8 Å². The van der Waals surface area contributed by atoms with Gasteiger partial charge in [0.25, 0.3) is 0 Å². The molecule has 6 nitrogen and oxygen atoms in total. The van der Waals surface area contributed by atoms with Gasteiger partial charge in [-0.3, -0.25) is 14.9 Å². The van der Waals surface area contributed by atoms with E-state index in [-0.39, 0.29) is 6.04 Å². The highest BCUT2D eigenvalue weighted by Crippen LogP contribution is 2.38. The number of aromatic nitrogens is 1. The molecule has 1 saturated heterocycles. The van der Waals surface area contributed by atoms with Gasteiger partial charge >= 0.3 is 0 Å². The number of nitrogens with zero attached hydrogens (tertiary/aromatic N) is 5. The summed E-state index contributed by atoms with van der Waals surface area (Å²) in [5.41, 5.74) is 6.74. The Labute approximate surface area is 208 Å². The maximum atomic E-state index is 6.23. The lowest BCUT2D eigenvalue weighted by Gasteiger charge is -2.37. The molecule has 182 valence electrons. The van der Waals surface area contributed by atoms with Crippen molar-refractivity contribution >= 4 is 29.0 Å². The molecule has 0 N–H and O–H groups in total. The Morgan fingerprint density at radius 3 is 2.66 bits per heavy atom. The first-order chi connectivity index (χ1) is 17.0. The fourth-order valence-corrected chi connectivity index (χ4v) is 5.11. The molecule has 1 atom stereocenters. The van der Waals surface area contributed by atoms with E-state index in [4.69, 9.17) is 9.72 Å². The molecule has 0 radical (unpaired) electrons. The van der Waals surface area contributed by atoms with Crippen LogP contribution in [0.3, 0.4) is 0 Å². The van der Waals surface area contributed by atoms with E-state index in [0.717, 1.165) is 67.5 Å². The van der Waals surface area contributed by atoms with Crippen molar-refractivity contribution in [1.82, 2.24) is 9.88 Å². The lowest BCUT2D eigenvalue weighted by molar-refractivity contribution is 0.254. The zero-order chi connectivity index (χ0) is 24.4. The molecule has 0 saturated carbocycles. The quantitative estimate of drug-likeness (QED) is 0.473. The Hall–Kier alpha value is -3.38. The second kappa shape index (κ2) is 10.1. The predicted octanol–water partition coefficient (Wildman–Crippen LogP) is 5.06. The molecular formula is C29H35N5O. The van der Waals surface area contributed by atoms with E-state index in [9.17, 15) is 0 Å². The summed E-state index contributed by atoms with van der Waals surface area (Å²) in [7, 11) is 0. The Kier molecular flexibility index (Phi) is 6.73. The van der Waals surface area contributed by atoms with Gasteiger partial charge in [0.05, 0.1) is 22.9 Å². The summed E-state index contributed by atoms with van der Waals surface area (Å²) in [6.45, 7) is 15.7. The normalized spacial score (nSPS) is 18.9. The molecular weight excluding hydrogens is 434 g/mol. The summed E-state index contributed by atoms with van der Waals surface area (Å²) >= 11 is 0. The molecule has 1 unspecified atom stereocenters. The van der Waals surface area contributed by atoms with Crippen LogP contribution in [0.4, 0.5) is 11.4 Å². The third-order valence-corrected chi connectivity index (χ3v) is 7.13. The van der Waals surface area contributed by atoms with Gasteiger partial charge in [-0.2, -0.15) is 0 Å². The molecule has 35 heavy (non-hydrogen) atoms. The second-order valence-corrected chi connectivity index (χ2v) is 9.64. The Morgan fingerprint density at radius 2 is 1.86 bits per heavy atom. The van der Waals surface area contributed by atoms with E-state index in [0.29, 0.717) is 6.61 Å². The Balaban J connectivity index is 1.24. The Morgan fingerprint density at radius 1 is 1.09 bits per heavy atom. The third kappa shape index (κ3) is 4.89. The Bertz CT molecular complexity index is 1250. The van der Waals surface area contributed by atoms with Crippen molar-refractivity contribution in [1.29, 1.82) is 0 Å². The number of benzene rings is 2. The average molecular weight is 470 g/mol. The number of pyridine rings is 1. The van der Waals surface area contributed by atoms with Crippen molar-refractivity contribution in [2.24, 2.45) is 4.99 Å². The van der Waals surface area contributed by atoms with Crippen molar-refractivity contribution in [2.75, 3.05) is 49.1 Å². The number of anilines is 2. The minimum atomic E-state index is 0.260. The van der Waals surface area contributed by atoms with Gasteiger partial charge in [0.15, 0.2) is 0 Å². The van der Waals surface area contributed by atoms with Crippen LogP contribution in [0.25, 0.3) is 10.9 Å². The van der Waals surface area contributed by atoms with Gasteiger partial charge in [0.2, 0.25) is 0 Å². The number of aryl methyl sites for hydroxylation is 1. The molecule has 0 amide bonds. The smallest absolute Gasteiger partial charge is 0.146 e. The molecule has 5 rings (SSSR count). The minimum absolute atomic E-state index is 0.260. The van der Waals surface area contributed by atoms with Crippen LogP contribution in [0.2, 0.25) is 0 Å². The maximum absolute atomic E-state index is 6.23. The highest BCUT2D eigenvalue weighted by molar-refractivity contribution is 5.92. The summed E-state index contributed by atoms with van der Waals surface area (Å²) < 4.78 is 6.23. The van der Waals surface area contributed by atoms with Crippen molar-refractivity contribution in [2.45, 2.75) is 33.2 Å². The summed E-state index contributed by atoms with van der Waals surface area (Å²) in [5, 5.41) is 1.24. The van der Waals surface area contributed by atoms with Gasteiger partial charge in [-0.15, -0.1) is 0 Å². The average Bonchev–Trinajstić information content (AvgIpc) is 2.88. The van der Waals surface area contributed by atoms with Gasteiger partial charge in [0, 0.05) is 55.7 Å². The van der Waals surface area contributed by atoms with Crippen LogP contribution < -0.4 is 14.5 Å². The number of piperazine rings is 1. The van der Waals surface area contributed by atoms with E-state index >= 15 is 0 Å². The second-order valence-electron chi connectivity index (χ2n) is 9.64. The van der Waals surface area contributed by atoms with Crippen LogP contribution in [0.15, 0.2) is 65.4 Å². The number of para-hydroxylation sites is 1. The van der Waals surface area contributed by atoms with Crippen molar-refractivity contribution < 1.29 is 4.74 Å². The number of hydrogen-bond donors (Lipinski definition) is 0. The molecule has 3 aromatic rings. The molecule has 3 heterocycles. The number of fused-ring (bicyclic) bond motifs is 2. The largest absolute Gasteiger partial charge is 0.489 e. The number of rotatable bonds is 6. The SMILES string of the molecule is C=N/C(C)=C\N1c2cccc(CCN3CCN(c4cccc5nc(C)ccc45)CC3)c2OCC1C. The standard InChI is InChI=1S/C29H35N5O/c1-21-11-12-25-26(31-21)8-6-9-27(25)33-17-15-32(16-18-33)14-13-24-7-5-10-28-29(24)35-20-23(3)34(28)19-22(2)30-4/h5-12,19,23H,4,13-18,20H2,1-3H3/b22-19-. The van der Waals surface area contributed by atoms with Crippen molar-refractivity contribution in [3.8, 4) is 5.75 Å². The fourth-order valence-electron chi connectivity index (χ4n) is 5.11. The third-order valence-electron chi connectivity index (χ3n) is 7.13. The van der Waals surface area contributed by atoms with Crippen LogP contribution in [0.5, 0.6) is 5.75 Å². The molecule has 2 aromatic carbocycles. The first-order valence-corrected chi connectivity index (χ1v) is 12.6. The first-order valence-electron chi connectivity index (χ1n) is 12.6. The number of allylic oxidation sites excluding steroid dienone is 1. The van der Waals surface area contributed by atoms with Crippen LogP contribution in [0.1, 0.15) is 25.1 Å². The molecule has 2 aliphatic rings. The van der Waals surface area contributed by atoms with Gasteiger partial charge in [0.1, 0.15) is 12.4 Å². The van der Waals surface area contributed by atoms with Crippen LogP contribution in [-0.2, 0) is 6.42 Å². The lowest BCUT2D eigenvalue weighted by atomic mass is 10.1. The summed E-state index contributed by atoms with van der Waals surface area (Å²) in [5.74, 6) is 1.01. The van der Waals surface area contributed by atoms with Gasteiger partial charge < -0.3 is 14.5 Å². The van der Waals surface area contributed by atoms with Gasteiger partial charge in [-0.25, -0.2) is 0 Å². The van der Waals surface area contributed by atoms with E-state index < -0.39 is 0 Å². The zero-order valence-corrected chi connectivity index (χ0v) is 21.1. The summed E-state index contributed by atoms with van der Waals surface area (Å²) in [6.07, 6.45) is 3.05. The van der Waals surface area contributed by atoms with E-state index in [1.807, 2.05) is 13.8 Å². The first kappa shape index (κ1) is 23.4. The number of aliphatic imine (C=N–C) groups is 1. The molecule has 0 bridgehead atoms. The molecule has 1 fully saturated rings. The highest BCUT2D eigenvalue weighted by Gasteiger charge is 2.26. The van der Waals surface area contributed by atoms with Crippen LogP contribution in [-0.4, -0.2) is 62.0 Å². The van der Waals surface area contributed by atoms with E-state index in [1.54, 1.807) is 0 Å². The number of ether oxygens (including phenoxy) is 1. The topological polar surface area (TPSA) is 44.2 Å². The highest BCUT2D eigenvalue weighted by atomic mass is 16.5. The summed E-state index contributed by atoms with van der Waals surface area (Å²) in [6, 6.07) is 17.5. The maximum Gasteiger partial charge on any atom is 0.146 e. The minimum Gasteiger partial charge on any atom is -0.489 e. The molecule has 0 spiro atoms. The van der Waals surface area contributed by atoms with Crippen molar-refractivity contribution in [3.63, 3.8) is 0 Å². The zero-order valence-electron chi connectivity index (χ0n) is 21.1. The predicted molar refractivity (Wildman–Crippen MR) is 146 cm³/mol. The molecule has 0 aliphatic carbocycles. The molecule has 6 heteroatoms. The number of hydrogen-bond acceptors (Lipinski definition) is 6. The fraction of sp³-hybridized carbons (Fsp3) is 0.379. The lowest BCUT2D eigenvalue weighted by Crippen LogP contribution is -2.47. The molecule has 2 aliphatic heterocycles. The van der Waals surface area contributed by atoms with E-state index in [1.165, 1.54) is 16.6 Å². The van der Waals surface area contributed by atoms with Crippen molar-refractivity contribution in [3.05, 3.63) is 71.7 Å². The van der Waals surface area contributed by atoms with Crippen LogP contribution in [0, 0.1) is 6.92 Å². The molecule has 1 aromatic heterocycles. The van der Waals surface area contributed by atoms with Gasteiger partial charge in [-0.1, -0.05) is 18.2 Å².